The molecule has 0 radical (unpaired) electrons. The Morgan fingerprint density at radius 2 is 1.22 bits per heavy atom. The Bertz CT molecular complexity index is 1330. The molecule has 0 aliphatic rings. The second kappa shape index (κ2) is 16.7. The van der Waals surface area contributed by atoms with Crippen molar-refractivity contribution in [1.29, 1.82) is 0 Å². The van der Waals surface area contributed by atoms with Gasteiger partial charge in [0, 0.05) is 6.42 Å². The number of hydrogen-bond donors (Lipinski definition) is 0. The zero-order chi connectivity index (χ0) is 29.5. The first-order chi connectivity index (χ1) is 19.9. The van der Waals surface area contributed by atoms with Crippen LogP contribution in [0.5, 0.6) is 11.5 Å². The molecular formula is C35H38O6. The number of esters is 2. The highest BCUT2D eigenvalue weighted by Crippen LogP contribution is 2.24. The van der Waals surface area contributed by atoms with Crippen LogP contribution in [0.3, 0.4) is 0 Å². The molecule has 214 valence electrons. The quantitative estimate of drug-likeness (QED) is 0.0664. The number of carbonyl (C=O) groups is 3. The summed E-state index contributed by atoms with van der Waals surface area (Å²) in [6.45, 7) is 6.26. The Balaban J connectivity index is 1.48. The number of unbranched alkanes of at least 4 members (excludes halogenated alkanes) is 5. The maximum Gasteiger partial charge on any atom is 0.343 e. The average Bonchev–Trinajstić information content (AvgIpc) is 3.00. The number of ketones is 1. The van der Waals surface area contributed by atoms with E-state index in [2.05, 4.69) is 18.8 Å². The highest BCUT2D eigenvalue weighted by atomic mass is 16.5. The molecule has 0 fully saturated rings. The highest BCUT2D eigenvalue weighted by Gasteiger charge is 2.18. The standard InChI is InChI=1S/C35H38O6/c1-4-6-8-9-10-11-25-39-31-21-17-28(18-22-31)27-13-15-29(16-14-27)35(38)41-32-23-19-30(20-24-32)34(37)40-26(3)33(36)12-7-5-2/h13-24,26H,4-6,8-11,25H2,1-3H3. The molecular weight excluding hydrogens is 516 g/mol. The minimum atomic E-state index is -0.969. The van der Waals surface area contributed by atoms with Crippen LogP contribution in [0.15, 0.2) is 72.8 Å². The number of Topliss-reactive ketones (excluding diaryl/α,β-unsaturated/α-hetero) is 1. The van der Waals surface area contributed by atoms with E-state index in [-0.39, 0.29) is 11.3 Å². The second-order valence-corrected chi connectivity index (χ2v) is 9.70. The van der Waals surface area contributed by atoms with Gasteiger partial charge >= 0.3 is 11.9 Å². The Hall–Kier alpha value is -4.37. The van der Waals surface area contributed by atoms with Crippen molar-refractivity contribution in [2.24, 2.45) is 0 Å². The lowest BCUT2D eigenvalue weighted by Gasteiger charge is -2.10. The zero-order valence-electron chi connectivity index (χ0n) is 24.1. The van der Waals surface area contributed by atoms with Crippen molar-refractivity contribution in [2.75, 3.05) is 6.61 Å². The molecule has 0 spiro atoms. The summed E-state index contributed by atoms with van der Waals surface area (Å²) in [5, 5.41) is 0. The minimum absolute atomic E-state index is 0.232. The number of hydrogen-bond acceptors (Lipinski definition) is 6. The summed E-state index contributed by atoms with van der Waals surface area (Å²) < 4.78 is 16.5. The second-order valence-electron chi connectivity index (χ2n) is 9.70. The van der Waals surface area contributed by atoms with Crippen LogP contribution < -0.4 is 9.47 Å². The van der Waals surface area contributed by atoms with Crippen LogP contribution >= 0.6 is 0 Å². The molecule has 6 nitrogen and oxygen atoms in total. The van der Waals surface area contributed by atoms with Crippen molar-refractivity contribution in [3.8, 4) is 34.5 Å². The highest BCUT2D eigenvalue weighted by molar-refractivity contribution is 6.01. The predicted molar refractivity (Wildman–Crippen MR) is 160 cm³/mol. The smallest absolute Gasteiger partial charge is 0.343 e. The summed E-state index contributed by atoms with van der Waals surface area (Å²) in [7, 11) is 0. The minimum Gasteiger partial charge on any atom is -0.494 e. The summed E-state index contributed by atoms with van der Waals surface area (Å²) >= 11 is 0. The summed E-state index contributed by atoms with van der Waals surface area (Å²) in [5.41, 5.74) is 2.63. The average molecular weight is 555 g/mol. The molecule has 0 amide bonds. The van der Waals surface area contributed by atoms with Crippen LogP contribution in [0.2, 0.25) is 0 Å². The first kappa shape index (κ1) is 31.2. The van der Waals surface area contributed by atoms with Gasteiger partial charge in [0.05, 0.1) is 17.7 Å². The number of benzene rings is 3. The van der Waals surface area contributed by atoms with Crippen molar-refractivity contribution in [2.45, 2.75) is 71.8 Å². The SMILES string of the molecule is CCC#CC(=O)C(C)OC(=O)c1ccc(OC(=O)c2ccc(-c3ccc(OCCCCCCCC)cc3)cc2)cc1. The van der Waals surface area contributed by atoms with Crippen LogP contribution in [0.25, 0.3) is 11.1 Å². The molecule has 0 aliphatic heterocycles. The zero-order valence-corrected chi connectivity index (χ0v) is 24.1. The third-order valence-corrected chi connectivity index (χ3v) is 6.42. The fourth-order valence-electron chi connectivity index (χ4n) is 4.00. The van der Waals surface area contributed by atoms with E-state index in [0.29, 0.717) is 12.0 Å². The molecule has 3 aromatic carbocycles. The molecule has 1 atom stereocenters. The van der Waals surface area contributed by atoms with Gasteiger partial charge < -0.3 is 14.2 Å². The van der Waals surface area contributed by atoms with Gasteiger partial charge in [0.2, 0.25) is 5.78 Å². The number of ether oxygens (including phenoxy) is 3. The van der Waals surface area contributed by atoms with E-state index in [0.717, 1.165) is 29.9 Å². The van der Waals surface area contributed by atoms with Crippen LogP contribution in [0.4, 0.5) is 0 Å². The van der Waals surface area contributed by atoms with E-state index in [1.54, 1.807) is 12.1 Å². The van der Waals surface area contributed by atoms with Crippen molar-refractivity contribution in [3.05, 3.63) is 83.9 Å². The number of rotatable bonds is 14. The lowest BCUT2D eigenvalue weighted by atomic mass is 10.0. The molecule has 0 saturated carbocycles. The van der Waals surface area contributed by atoms with E-state index in [1.165, 1.54) is 63.3 Å². The maximum absolute atomic E-state index is 12.7. The molecule has 1 unspecified atom stereocenters. The normalized spacial score (nSPS) is 11.1. The fourth-order valence-corrected chi connectivity index (χ4v) is 4.00. The molecule has 0 bridgehead atoms. The van der Waals surface area contributed by atoms with Crippen LogP contribution in [-0.2, 0) is 9.53 Å². The first-order valence-electron chi connectivity index (χ1n) is 14.3. The molecule has 6 heteroatoms. The van der Waals surface area contributed by atoms with Crippen LogP contribution in [0.1, 0.15) is 86.4 Å². The Morgan fingerprint density at radius 3 is 1.85 bits per heavy atom. The summed E-state index contributed by atoms with van der Waals surface area (Å²) in [4.78, 5) is 36.8. The van der Waals surface area contributed by atoms with Gasteiger partial charge in [-0.2, -0.15) is 0 Å². The molecule has 3 aromatic rings. The van der Waals surface area contributed by atoms with E-state index in [1.807, 2.05) is 43.3 Å². The summed E-state index contributed by atoms with van der Waals surface area (Å²) in [6, 6.07) is 21.1. The van der Waals surface area contributed by atoms with Gasteiger partial charge in [-0.25, -0.2) is 9.59 Å². The summed E-state index contributed by atoms with van der Waals surface area (Å²) in [5.74, 6) is 4.61. The molecule has 0 aromatic heterocycles. The molecule has 0 heterocycles. The predicted octanol–water partition coefficient (Wildman–Crippen LogP) is 7.84. The van der Waals surface area contributed by atoms with Crippen LogP contribution in [0, 0.1) is 11.8 Å². The molecule has 0 N–H and O–H groups in total. The monoisotopic (exact) mass is 554 g/mol. The van der Waals surface area contributed by atoms with Gasteiger partial charge in [-0.05, 0) is 78.9 Å². The molecule has 3 rings (SSSR count). The van der Waals surface area contributed by atoms with E-state index >= 15 is 0 Å². The van der Waals surface area contributed by atoms with Gasteiger partial charge in [-0.1, -0.05) is 76.1 Å². The Labute approximate surface area is 243 Å². The van der Waals surface area contributed by atoms with Gasteiger partial charge in [0.15, 0.2) is 6.10 Å². The van der Waals surface area contributed by atoms with Gasteiger partial charge in [-0.3, -0.25) is 4.79 Å². The Kier molecular flexibility index (Phi) is 12.7. The molecule has 0 aliphatic carbocycles. The van der Waals surface area contributed by atoms with Crippen molar-refractivity contribution >= 4 is 17.7 Å². The third kappa shape index (κ3) is 10.3. The third-order valence-electron chi connectivity index (χ3n) is 6.42. The van der Waals surface area contributed by atoms with Gasteiger partial charge in [0.25, 0.3) is 0 Å². The fraction of sp³-hybridized carbons (Fsp3) is 0.343. The largest absolute Gasteiger partial charge is 0.494 e. The molecule has 0 saturated heterocycles. The molecule has 41 heavy (non-hydrogen) atoms. The topological polar surface area (TPSA) is 78.9 Å². The van der Waals surface area contributed by atoms with Crippen LogP contribution in [-0.4, -0.2) is 30.4 Å². The van der Waals surface area contributed by atoms with Crippen molar-refractivity contribution < 1.29 is 28.6 Å². The lowest BCUT2D eigenvalue weighted by molar-refractivity contribution is -0.121. The van der Waals surface area contributed by atoms with Crippen molar-refractivity contribution in [1.82, 2.24) is 0 Å². The number of carbonyl (C=O) groups excluding carboxylic acids is 3. The van der Waals surface area contributed by atoms with E-state index < -0.39 is 23.8 Å². The van der Waals surface area contributed by atoms with Gasteiger partial charge in [0.1, 0.15) is 11.5 Å². The lowest BCUT2D eigenvalue weighted by Crippen LogP contribution is -2.23. The first-order valence-corrected chi connectivity index (χ1v) is 14.3. The van der Waals surface area contributed by atoms with E-state index in [9.17, 15) is 14.4 Å². The Morgan fingerprint density at radius 1 is 0.683 bits per heavy atom. The van der Waals surface area contributed by atoms with Gasteiger partial charge in [-0.15, -0.1) is 0 Å². The maximum atomic E-state index is 12.7. The van der Waals surface area contributed by atoms with Crippen molar-refractivity contribution in [3.63, 3.8) is 0 Å². The summed E-state index contributed by atoms with van der Waals surface area (Å²) in [6.07, 6.45) is 6.96. The van der Waals surface area contributed by atoms with E-state index in [4.69, 9.17) is 14.2 Å².